The summed E-state index contributed by atoms with van der Waals surface area (Å²) in [6.45, 7) is 0. The highest BCUT2D eigenvalue weighted by atomic mass is 32.2. The van der Waals surface area contributed by atoms with Gasteiger partial charge in [0.2, 0.25) is 5.76 Å². The third-order valence-corrected chi connectivity index (χ3v) is 3.78. The van der Waals surface area contributed by atoms with E-state index in [0.29, 0.717) is 5.76 Å². The molecule has 0 aliphatic heterocycles. The van der Waals surface area contributed by atoms with Gasteiger partial charge in [-0.3, -0.25) is 0 Å². The highest BCUT2D eigenvalue weighted by Gasteiger charge is 2.18. The summed E-state index contributed by atoms with van der Waals surface area (Å²) in [4.78, 5) is 12.6. The van der Waals surface area contributed by atoms with Crippen LogP contribution in [0.3, 0.4) is 0 Å². The first-order valence-electron chi connectivity index (χ1n) is 6.19. The van der Waals surface area contributed by atoms with E-state index >= 15 is 0 Å². The molecule has 0 radical (unpaired) electrons. The maximum Gasteiger partial charge on any atom is 0.373 e. The van der Waals surface area contributed by atoms with Gasteiger partial charge in [-0.05, 0) is 43.1 Å². The Bertz CT molecular complexity index is 577. The highest BCUT2D eigenvalue weighted by molar-refractivity contribution is 7.98. The van der Waals surface area contributed by atoms with Crippen LogP contribution in [0.1, 0.15) is 27.9 Å². The van der Waals surface area contributed by atoms with Gasteiger partial charge in [-0.1, -0.05) is 12.1 Å². The van der Waals surface area contributed by atoms with Crippen molar-refractivity contribution in [2.75, 3.05) is 20.4 Å². The molecule has 106 valence electrons. The van der Waals surface area contributed by atoms with Crippen molar-refractivity contribution in [2.45, 2.75) is 10.9 Å². The van der Waals surface area contributed by atoms with Gasteiger partial charge >= 0.3 is 5.97 Å². The smallest absolute Gasteiger partial charge is 0.373 e. The van der Waals surface area contributed by atoms with Crippen LogP contribution in [0.15, 0.2) is 45.7 Å². The Morgan fingerprint density at radius 1 is 1.25 bits per heavy atom. The quantitative estimate of drug-likeness (QED) is 0.677. The average molecular weight is 291 g/mol. The highest BCUT2D eigenvalue weighted by Crippen LogP contribution is 2.26. The molecule has 0 saturated carbocycles. The van der Waals surface area contributed by atoms with Crippen LogP contribution in [0, 0.1) is 0 Å². The van der Waals surface area contributed by atoms with Gasteiger partial charge in [-0.25, -0.2) is 4.79 Å². The van der Waals surface area contributed by atoms with Gasteiger partial charge in [0.25, 0.3) is 0 Å². The van der Waals surface area contributed by atoms with E-state index in [-0.39, 0.29) is 11.8 Å². The summed E-state index contributed by atoms with van der Waals surface area (Å²) in [5.41, 5.74) is 1.08. The molecule has 5 heteroatoms. The molecule has 1 heterocycles. The Morgan fingerprint density at radius 2 is 1.95 bits per heavy atom. The number of carbonyl (C=O) groups is 1. The lowest BCUT2D eigenvalue weighted by molar-refractivity contribution is 0.0562. The zero-order chi connectivity index (χ0) is 14.5. The van der Waals surface area contributed by atoms with E-state index < -0.39 is 5.97 Å². The predicted octanol–water partition coefficient (Wildman–Crippen LogP) is 3.10. The third-order valence-electron chi connectivity index (χ3n) is 3.04. The van der Waals surface area contributed by atoms with E-state index in [1.807, 2.05) is 25.4 Å². The van der Waals surface area contributed by atoms with Crippen molar-refractivity contribution in [3.8, 4) is 0 Å². The average Bonchev–Trinajstić information content (AvgIpc) is 2.97. The molecule has 0 aliphatic carbocycles. The molecule has 4 nitrogen and oxygen atoms in total. The normalized spacial score (nSPS) is 12.2. The van der Waals surface area contributed by atoms with Crippen molar-refractivity contribution in [3.05, 3.63) is 53.5 Å². The summed E-state index contributed by atoms with van der Waals surface area (Å²) in [6, 6.07) is 11.5. The van der Waals surface area contributed by atoms with Gasteiger partial charge in [-0.15, -0.1) is 11.8 Å². The molecular weight excluding hydrogens is 274 g/mol. The van der Waals surface area contributed by atoms with Gasteiger partial charge in [0, 0.05) is 4.90 Å². The minimum absolute atomic E-state index is 0.0932. The Hall–Kier alpha value is -1.72. The largest absolute Gasteiger partial charge is 0.463 e. The third kappa shape index (κ3) is 3.05. The molecule has 1 N–H and O–H groups in total. The maximum atomic E-state index is 11.4. The molecule has 0 bridgehead atoms. The number of benzene rings is 1. The zero-order valence-corrected chi connectivity index (χ0v) is 12.5. The van der Waals surface area contributed by atoms with E-state index in [4.69, 9.17) is 4.42 Å². The summed E-state index contributed by atoms with van der Waals surface area (Å²) in [5.74, 6) is 0.428. The molecule has 0 saturated heterocycles. The number of ether oxygens (including phenoxy) is 1. The van der Waals surface area contributed by atoms with Crippen molar-refractivity contribution in [1.29, 1.82) is 0 Å². The second-order valence-electron chi connectivity index (χ2n) is 4.19. The first kappa shape index (κ1) is 14.7. The fraction of sp³-hybridized carbons (Fsp3) is 0.267. The Labute approximate surface area is 122 Å². The van der Waals surface area contributed by atoms with Crippen molar-refractivity contribution >= 4 is 17.7 Å². The molecular formula is C15H17NO3S. The number of furan rings is 1. The summed E-state index contributed by atoms with van der Waals surface area (Å²) in [5, 5.41) is 3.19. The SMILES string of the molecule is CNC(c1ccc(SC)cc1)c1ccc(C(=O)OC)o1. The van der Waals surface area contributed by atoms with Gasteiger partial charge in [0.05, 0.1) is 13.2 Å². The number of thioether (sulfide) groups is 1. The molecule has 1 aromatic carbocycles. The Balaban J connectivity index is 2.26. The Morgan fingerprint density at radius 3 is 2.50 bits per heavy atom. The summed E-state index contributed by atoms with van der Waals surface area (Å²) >= 11 is 1.70. The molecule has 0 aliphatic rings. The second kappa shape index (κ2) is 6.63. The number of nitrogens with one attached hydrogen (secondary N) is 1. The Kier molecular flexibility index (Phi) is 4.87. The zero-order valence-electron chi connectivity index (χ0n) is 11.7. The minimum atomic E-state index is -0.469. The monoisotopic (exact) mass is 291 g/mol. The molecule has 1 aromatic heterocycles. The van der Waals surface area contributed by atoms with Crippen LogP contribution >= 0.6 is 11.8 Å². The molecule has 0 spiro atoms. The van der Waals surface area contributed by atoms with Crippen LogP contribution in [0.25, 0.3) is 0 Å². The second-order valence-corrected chi connectivity index (χ2v) is 5.07. The summed E-state index contributed by atoms with van der Waals surface area (Å²) in [6.07, 6.45) is 2.04. The summed E-state index contributed by atoms with van der Waals surface area (Å²) < 4.78 is 10.2. The molecule has 0 fully saturated rings. The molecule has 1 unspecified atom stereocenters. The lowest BCUT2D eigenvalue weighted by Gasteiger charge is -2.14. The number of rotatable bonds is 5. The fourth-order valence-electron chi connectivity index (χ4n) is 1.99. The van der Waals surface area contributed by atoms with Gasteiger partial charge in [0.15, 0.2) is 0 Å². The van der Waals surface area contributed by atoms with E-state index in [9.17, 15) is 4.79 Å². The van der Waals surface area contributed by atoms with Crippen molar-refractivity contribution in [3.63, 3.8) is 0 Å². The van der Waals surface area contributed by atoms with Crippen molar-refractivity contribution < 1.29 is 13.9 Å². The van der Waals surface area contributed by atoms with E-state index in [2.05, 4.69) is 22.2 Å². The van der Waals surface area contributed by atoms with Crippen molar-refractivity contribution in [2.24, 2.45) is 0 Å². The number of esters is 1. The fourth-order valence-corrected chi connectivity index (χ4v) is 2.40. The molecule has 0 amide bonds. The standard InChI is InChI=1S/C15H17NO3S/c1-16-14(10-4-6-11(20-3)7-5-10)12-8-9-13(19-12)15(17)18-2/h4-9,14,16H,1-3H3. The molecule has 20 heavy (non-hydrogen) atoms. The van der Waals surface area contributed by atoms with Gasteiger partial charge in [0.1, 0.15) is 5.76 Å². The van der Waals surface area contributed by atoms with Crippen LogP contribution in [0.2, 0.25) is 0 Å². The van der Waals surface area contributed by atoms with Crippen LogP contribution in [0.5, 0.6) is 0 Å². The van der Waals surface area contributed by atoms with Gasteiger partial charge < -0.3 is 14.5 Å². The number of carbonyl (C=O) groups excluding carboxylic acids is 1. The maximum absolute atomic E-state index is 11.4. The number of hydrogen-bond donors (Lipinski definition) is 1. The first-order chi connectivity index (χ1) is 9.69. The van der Waals surface area contributed by atoms with E-state index in [1.165, 1.54) is 12.0 Å². The summed E-state index contributed by atoms with van der Waals surface area (Å²) in [7, 11) is 3.19. The van der Waals surface area contributed by atoms with Crippen LogP contribution < -0.4 is 5.32 Å². The van der Waals surface area contributed by atoms with E-state index in [1.54, 1.807) is 23.9 Å². The first-order valence-corrected chi connectivity index (χ1v) is 7.41. The molecule has 1 atom stereocenters. The predicted molar refractivity (Wildman–Crippen MR) is 79.2 cm³/mol. The topological polar surface area (TPSA) is 51.5 Å². The lowest BCUT2D eigenvalue weighted by atomic mass is 10.1. The molecule has 2 aromatic rings. The minimum Gasteiger partial charge on any atom is -0.463 e. The van der Waals surface area contributed by atoms with Gasteiger partial charge in [-0.2, -0.15) is 0 Å². The molecule has 2 rings (SSSR count). The van der Waals surface area contributed by atoms with Crippen LogP contribution in [-0.2, 0) is 4.74 Å². The van der Waals surface area contributed by atoms with Crippen molar-refractivity contribution in [1.82, 2.24) is 5.32 Å². The number of hydrogen-bond acceptors (Lipinski definition) is 5. The number of methoxy groups -OCH3 is 1. The lowest BCUT2D eigenvalue weighted by Crippen LogP contribution is -2.17. The van der Waals surface area contributed by atoms with Crippen LogP contribution in [-0.4, -0.2) is 26.4 Å². The van der Waals surface area contributed by atoms with E-state index in [0.717, 1.165) is 5.56 Å². The van der Waals surface area contributed by atoms with Crippen LogP contribution in [0.4, 0.5) is 0 Å².